The molecule has 5 nitrogen and oxygen atoms in total. The zero-order valence-corrected chi connectivity index (χ0v) is 17.7. The maximum atomic E-state index is 12.9. The van der Waals surface area contributed by atoms with E-state index in [4.69, 9.17) is 0 Å². The molecule has 10 heteroatoms. The van der Waals surface area contributed by atoms with E-state index < -0.39 is 21.8 Å². The lowest BCUT2D eigenvalue weighted by Crippen LogP contribution is -2.16. The van der Waals surface area contributed by atoms with Crippen LogP contribution in [0.2, 0.25) is 0 Å². The number of nitrogens with zero attached hydrogens (tertiary/aromatic N) is 2. The van der Waals surface area contributed by atoms with Crippen LogP contribution in [0, 0.1) is 6.92 Å². The van der Waals surface area contributed by atoms with Crippen LogP contribution in [0.5, 0.6) is 0 Å². The molecule has 4 rings (SSSR count). The molecule has 0 aliphatic carbocycles. The van der Waals surface area contributed by atoms with Gasteiger partial charge in [-0.1, -0.05) is 24.3 Å². The van der Waals surface area contributed by atoms with Crippen molar-refractivity contribution in [3.63, 3.8) is 0 Å². The molecule has 0 amide bonds. The van der Waals surface area contributed by atoms with Crippen molar-refractivity contribution in [1.82, 2.24) is 9.78 Å². The normalized spacial score (nSPS) is 12.1. The molecule has 0 fully saturated rings. The Bertz CT molecular complexity index is 1310. The van der Waals surface area contributed by atoms with E-state index >= 15 is 0 Å². The highest BCUT2D eigenvalue weighted by atomic mass is 32.2. The summed E-state index contributed by atoms with van der Waals surface area (Å²) < 4.78 is 68.1. The first-order chi connectivity index (χ1) is 14.6. The Morgan fingerprint density at radius 2 is 1.71 bits per heavy atom. The van der Waals surface area contributed by atoms with Crippen molar-refractivity contribution < 1.29 is 21.6 Å². The van der Waals surface area contributed by atoms with Crippen LogP contribution in [-0.4, -0.2) is 18.2 Å². The van der Waals surface area contributed by atoms with Gasteiger partial charge >= 0.3 is 6.18 Å². The molecule has 4 aromatic rings. The molecule has 0 saturated heterocycles. The monoisotopic (exact) mass is 463 g/mol. The molecule has 2 heterocycles. The van der Waals surface area contributed by atoms with E-state index in [-0.39, 0.29) is 10.7 Å². The summed E-state index contributed by atoms with van der Waals surface area (Å²) in [5.74, 6) is 0.178. The van der Waals surface area contributed by atoms with E-state index in [9.17, 15) is 21.6 Å². The summed E-state index contributed by atoms with van der Waals surface area (Å²) in [6, 6.07) is 16.0. The van der Waals surface area contributed by atoms with Crippen LogP contribution in [0.15, 0.2) is 77.0 Å². The molecule has 0 atom stereocenters. The van der Waals surface area contributed by atoms with Gasteiger partial charge in [-0.2, -0.15) is 18.3 Å². The largest absolute Gasteiger partial charge is 0.416 e. The summed E-state index contributed by atoms with van der Waals surface area (Å²) in [6.07, 6.45) is -4.55. The van der Waals surface area contributed by atoms with E-state index in [1.54, 1.807) is 12.1 Å². The van der Waals surface area contributed by atoms with E-state index in [1.807, 2.05) is 42.6 Å². The average molecular weight is 464 g/mol. The number of nitrogens with one attached hydrogen (secondary N) is 1. The molecule has 0 saturated carbocycles. The standard InChI is InChI=1S/C21H16F3N3O2S2/c1-14-5-2-3-6-18(14)27-20(13-17(25-27)19-7-4-12-30-19)26-31(28,29)16-10-8-15(9-11-16)21(22,23)24/h2-13,26H,1H3. The van der Waals surface area contributed by atoms with Crippen LogP contribution in [0.3, 0.4) is 0 Å². The van der Waals surface area contributed by atoms with Crippen molar-refractivity contribution in [2.24, 2.45) is 0 Å². The van der Waals surface area contributed by atoms with Crippen LogP contribution in [0.4, 0.5) is 19.0 Å². The quantitative estimate of drug-likeness (QED) is 0.411. The lowest BCUT2D eigenvalue weighted by molar-refractivity contribution is -0.137. The van der Waals surface area contributed by atoms with Crippen LogP contribution < -0.4 is 4.72 Å². The van der Waals surface area contributed by atoms with Crippen molar-refractivity contribution in [2.45, 2.75) is 18.0 Å². The van der Waals surface area contributed by atoms with E-state index in [0.29, 0.717) is 11.4 Å². The number of halogens is 3. The smallest absolute Gasteiger partial charge is 0.263 e. The number of rotatable bonds is 5. The lowest BCUT2D eigenvalue weighted by atomic mass is 10.2. The Morgan fingerprint density at radius 1 is 1.00 bits per heavy atom. The molecule has 0 spiro atoms. The fraction of sp³-hybridized carbons (Fsp3) is 0.0952. The molecule has 0 radical (unpaired) electrons. The number of hydrogen-bond acceptors (Lipinski definition) is 4. The van der Waals surface area contributed by atoms with Crippen LogP contribution in [0.25, 0.3) is 16.3 Å². The number of anilines is 1. The average Bonchev–Trinajstić information content (AvgIpc) is 3.38. The predicted octanol–water partition coefficient (Wildman–Crippen LogP) is 5.73. The van der Waals surface area contributed by atoms with Crippen LogP contribution in [-0.2, 0) is 16.2 Å². The molecule has 0 bridgehead atoms. The summed E-state index contributed by atoms with van der Waals surface area (Å²) in [4.78, 5) is 0.568. The number of sulfonamides is 1. The van der Waals surface area contributed by atoms with Gasteiger partial charge in [-0.25, -0.2) is 13.1 Å². The first-order valence-electron chi connectivity index (χ1n) is 9.05. The number of benzene rings is 2. The van der Waals surface area contributed by atoms with Crippen molar-refractivity contribution in [1.29, 1.82) is 0 Å². The highest BCUT2D eigenvalue weighted by Crippen LogP contribution is 2.32. The van der Waals surface area contributed by atoms with Gasteiger partial charge in [0.2, 0.25) is 0 Å². The van der Waals surface area contributed by atoms with E-state index in [0.717, 1.165) is 34.7 Å². The molecule has 31 heavy (non-hydrogen) atoms. The second-order valence-electron chi connectivity index (χ2n) is 6.72. The minimum atomic E-state index is -4.55. The predicted molar refractivity (Wildman–Crippen MR) is 114 cm³/mol. The third-order valence-electron chi connectivity index (χ3n) is 4.56. The zero-order valence-electron chi connectivity index (χ0n) is 16.1. The molecular formula is C21H16F3N3O2S2. The van der Waals surface area contributed by atoms with Gasteiger partial charge < -0.3 is 0 Å². The van der Waals surface area contributed by atoms with Crippen molar-refractivity contribution >= 4 is 27.2 Å². The van der Waals surface area contributed by atoms with Gasteiger partial charge in [0.25, 0.3) is 10.0 Å². The van der Waals surface area contributed by atoms with Gasteiger partial charge in [-0.3, -0.25) is 4.72 Å². The summed E-state index contributed by atoms with van der Waals surface area (Å²) in [5, 5.41) is 6.44. The van der Waals surface area contributed by atoms with Crippen molar-refractivity contribution in [3.8, 4) is 16.3 Å². The summed E-state index contributed by atoms with van der Waals surface area (Å²) in [6.45, 7) is 1.87. The molecule has 1 N–H and O–H groups in total. The zero-order chi connectivity index (χ0) is 22.2. The number of aromatic nitrogens is 2. The van der Waals surface area contributed by atoms with Gasteiger partial charge in [0, 0.05) is 6.07 Å². The fourth-order valence-electron chi connectivity index (χ4n) is 3.00. The van der Waals surface area contributed by atoms with Crippen molar-refractivity contribution in [2.75, 3.05) is 4.72 Å². The Kier molecular flexibility index (Phi) is 5.36. The number of alkyl halides is 3. The van der Waals surface area contributed by atoms with Gasteiger partial charge in [0.05, 0.1) is 21.0 Å². The maximum absolute atomic E-state index is 12.9. The minimum Gasteiger partial charge on any atom is -0.263 e. The van der Waals surface area contributed by atoms with Crippen LogP contribution in [0.1, 0.15) is 11.1 Å². The molecule has 0 aliphatic rings. The number of hydrogen-bond donors (Lipinski definition) is 1. The lowest BCUT2D eigenvalue weighted by Gasteiger charge is -2.13. The van der Waals surface area contributed by atoms with Gasteiger partial charge in [-0.05, 0) is 54.3 Å². The van der Waals surface area contributed by atoms with E-state index in [1.165, 1.54) is 16.0 Å². The minimum absolute atomic E-state index is 0.178. The molecule has 2 aromatic heterocycles. The van der Waals surface area contributed by atoms with Crippen molar-refractivity contribution in [3.05, 3.63) is 83.2 Å². The highest BCUT2D eigenvalue weighted by molar-refractivity contribution is 7.92. The topological polar surface area (TPSA) is 64.0 Å². The Balaban J connectivity index is 1.76. The SMILES string of the molecule is Cc1ccccc1-n1nc(-c2cccs2)cc1NS(=O)(=O)c1ccc(C(F)(F)F)cc1. The molecule has 2 aromatic carbocycles. The molecular weight excluding hydrogens is 447 g/mol. The van der Waals surface area contributed by atoms with Gasteiger partial charge in [0.15, 0.2) is 0 Å². The number of thiophene rings is 1. The van der Waals surface area contributed by atoms with Gasteiger partial charge in [0.1, 0.15) is 11.5 Å². The third kappa shape index (κ3) is 4.35. The maximum Gasteiger partial charge on any atom is 0.416 e. The number of aryl methyl sites for hydroxylation is 1. The first kappa shape index (κ1) is 21.1. The summed E-state index contributed by atoms with van der Waals surface area (Å²) in [5.41, 5.74) is 1.20. The van der Waals surface area contributed by atoms with E-state index in [2.05, 4.69) is 9.82 Å². The highest BCUT2D eigenvalue weighted by Gasteiger charge is 2.31. The second-order valence-corrected chi connectivity index (χ2v) is 9.35. The molecule has 0 unspecified atom stereocenters. The third-order valence-corrected chi connectivity index (χ3v) is 6.82. The number of para-hydroxylation sites is 1. The van der Waals surface area contributed by atoms with Gasteiger partial charge in [-0.15, -0.1) is 11.3 Å². The summed E-state index contributed by atoms with van der Waals surface area (Å²) in [7, 11) is -4.15. The molecule has 160 valence electrons. The Morgan fingerprint density at radius 3 is 2.32 bits per heavy atom. The van der Waals surface area contributed by atoms with Crippen LogP contribution >= 0.6 is 11.3 Å². The Hall–Kier alpha value is -3.11. The second kappa shape index (κ2) is 7.86. The Labute approximate surface area is 180 Å². The first-order valence-corrected chi connectivity index (χ1v) is 11.4. The summed E-state index contributed by atoms with van der Waals surface area (Å²) >= 11 is 1.46. The fourth-order valence-corrected chi connectivity index (χ4v) is 4.72. The molecule has 0 aliphatic heterocycles.